The van der Waals surface area contributed by atoms with E-state index in [1.54, 1.807) is 30.3 Å². The summed E-state index contributed by atoms with van der Waals surface area (Å²) in [6.45, 7) is 2.55. The number of likely N-dealkylation sites (tertiary alicyclic amines) is 1. The first-order valence-corrected chi connectivity index (χ1v) is 15.5. The molecule has 3 aromatic rings. The summed E-state index contributed by atoms with van der Waals surface area (Å²) >= 11 is 12.8. The van der Waals surface area contributed by atoms with Gasteiger partial charge in [-0.15, -0.1) is 0 Å². The van der Waals surface area contributed by atoms with Crippen molar-refractivity contribution in [3.05, 3.63) is 92.2 Å². The largest absolute Gasteiger partial charge is 0.465 e. The van der Waals surface area contributed by atoms with Gasteiger partial charge in [-0.25, -0.2) is 9.18 Å². The van der Waals surface area contributed by atoms with Crippen molar-refractivity contribution >= 4 is 46.5 Å². The van der Waals surface area contributed by atoms with Gasteiger partial charge in [0.25, 0.3) is 0 Å². The molecule has 44 heavy (non-hydrogen) atoms. The lowest BCUT2D eigenvalue weighted by molar-refractivity contribution is -0.128. The Bertz CT molecular complexity index is 1660. The molecule has 1 aliphatic carbocycles. The van der Waals surface area contributed by atoms with Crippen LogP contribution in [-0.2, 0) is 15.1 Å². The molecule has 1 spiro atoms. The van der Waals surface area contributed by atoms with E-state index in [2.05, 4.69) is 15.5 Å². The number of fused-ring (bicyclic) bond motifs is 3. The number of hydrogen-bond acceptors (Lipinski definition) is 6. The molecule has 1 unspecified atom stereocenters. The van der Waals surface area contributed by atoms with Crippen molar-refractivity contribution in [2.45, 2.75) is 69.6 Å². The zero-order valence-corrected chi connectivity index (χ0v) is 25.4. The molecule has 4 aliphatic rings. The van der Waals surface area contributed by atoms with Gasteiger partial charge in [-0.05, 0) is 79.5 Å². The first-order valence-electron chi connectivity index (χ1n) is 14.7. The molecule has 3 heterocycles. The van der Waals surface area contributed by atoms with Gasteiger partial charge < -0.3 is 21.1 Å². The van der Waals surface area contributed by atoms with Gasteiger partial charge in [0.2, 0.25) is 5.91 Å². The SMILES string of the molecule is C.COC(=O)c1ccc(C2CC[C@H]3[C@@H](N2)[C@H](c2cccc(Cl)c2F)[C@]2(C(=O)Nc4cc(Cl)ccc42)N3CC2CC2)c(N)c1C. The second kappa shape index (κ2) is 11.3. The number of benzene rings is 3. The highest BCUT2D eigenvalue weighted by atomic mass is 35.5. The molecule has 3 aliphatic heterocycles. The number of nitrogen functional groups attached to an aromatic ring is 1. The number of rotatable bonds is 5. The number of carbonyl (C=O) groups excluding carboxylic acids is 2. The fourth-order valence-corrected chi connectivity index (χ4v) is 8.22. The Morgan fingerprint density at radius 3 is 2.61 bits per heavy atom. The maximum atomic E-state index is 16.1. The van der Waals surface area contributed by atoms with Crippen LogP contribution in [-0.4, -0.2) is 42.5 Å². The number of esters is 1. The van der Waals surface area contributed by atoms with E-state index in [0.29, 0.717) is 39.0 Å². The van der Waals surface area contributed by atoms with Crippen LogP contribution >= 0.6 is 23.2 Å². The summed E-state index contributed by atoms with van der Waals surface area (Å²) < 4.78 is 21.1. The molecule has 2 saturated heterocycles. The van der Waals surface area contributed by atoms with Crippen molar-refractivity contribution in [3.8, 4) is 0 Å². The normalized spacial score (nSPS) is 27.4. The zero-order valence-electron chi connectivity index (χ0n) is 23.9. The molecule has 10 heteroatoms. The third kappa shape index (κ3) is 4.52. The Morgan fingerprint density at radius 1 is 1.11 bits per heavy atom. The Labute approximate surface area is 267 Å². The molecule has 5 atom stereocenters. The van der Waals surface area contributed by atoms with Gasteiger partial charge in [-0.1, -0.05) is 54.9 Å². The Balaban J connectivity index is 0.00000343. The Kier molecular flexibility index (Phi) is 7.94. The number of anilines is 2. The van der Waals surface area contributed by atoms with E-state index in [-0.39, 0.29) is 36.5 Å². The molecule has 232 valence electrons. The first kappa shape index (κ1) is 30.8. The second-order valence-electron chi connectivity index (χ2n) is 12.2. The molecular formula is C34H37Cl2FN4O3. The highest BCUT2D eigenvalue weighted by Crippen LogP contribution is 2.60. The van der Waals surface area contributed by atoms with Gasteiger partial charge in [0.1, 0.15) is 11.4 Å². The van der Waals surface area contributed by atoms with Crippen LogP contribution in [0.25, 0.3) is 0 Å². The molecular weight excluding hydrogens is 602 g/mol. The quantitative estimate of drug-likeness (QED) is 0.206. The number of piperidine rings is 1. The number of methoxy groups -OCH3 is 1. The number of nitrogens with zero attached hydrogens (tertiary/aromatic N) is 1. The predicted molar refractivity (Wildman–Crippen MR) is 172 cm³/mol. The third-order valence-electron chi connectivity index (χ3n) is 10.0. The number of halogens is 3. The Morgan fingerprint density at radius 2 is 1.89 bits per heavy atom. The lowest BCUT2D eigenvalue weighted by Crippen LogP contribution is -2.53. The highest BCUT2D eigenvalue weighted by Gasteiger charge is 2.68. The number of hydrogen-bond donors (Lipinski definition) is 3. The van der Waals surface area contributed by atoms with Crippen LogP contribution in [0.3, 0.4) is 0 Å². The zero-order chi connectivity index (χ0) is 30.2. The fourth-order valence-electron chi connectivity index (χ4n) is 7.86. The van der Waals surface area contributed by atoms with Crippen molar-refractivity contribution in [3.63, 3.8) is 0 Å². The van der Waals surface area contributed by atoms with Gasteiger partial charge in [-0.2, -0.15) is 0 Å². The van der Waals surface area contributed by atoms with Gasteiger partial charge in [0.15, 0.2) is 0 Å². The van der Waals surface area contributed by atoms with Crippen molar-refractivity contribution in [1.82, 2.24) is 10.2 Å². The summed E-state index contributed by atoms with van der Waals surface area (Å²) in [5, 5.41) is 7.49. The van der Waals surface area contributed by atoms with Gasteiger partial charge in [0.05, 0.1) is 17.7 Å². The summed E-state index contributed by atoms with van der Waals surface area (Å²) in [5.41, 5.74) is 9.79. The molecule has 7 nitrogen and oxygen atoms in total. The standard InChI is InChI=1S/C33H33Cl2FN4O3.CH4/c1-16-19(31(41)43-2)9-10-20(29(16)37)24-12-13-26-30(38-24)27(21-4-3-5-23(35)28(21)36)33(40(26)15-17-6-7-17)22-11-8-18(34)14-25(22)39-32(33)42;/h3-5,8-11,14,17,24,26-27,30,38H,6-7,12-13,15,37H2,1-2H3,(H,39,42);1H4/t24?,26-,27-,30+,33+;/m0./s1. The fraction of sp³-hybridized carbons (Fsp3) is 0.412. The van der Waals surface area contributed by atoms with Crippen LogP contribution in [0.1, 0.15) is 77.7 Å². The van der Waals surface area contributed by atoms with E-state index in [0.717, 1.165) is 43.4 Å². The summed E-state index contributed by atoms with van der Waals surface area (Å²) in [5.74, 6) is -1.26. The molecule has 7 rings (SSSR count). The maximum absolute atomic E-state index is 16.1. The minimum atomic E-state index is -1.17. The number of amides is 1. The van der Waals surface area contributed by atoms with Gasteiger partial charge >= 0.3 is 5.97 Å². The summed E-state index contributed by atoms with van der Waals surface area (Å²) in [4.78, 5) is 29.1. The lowest BCUT2D eigenvalue weighted by Gasteiger charge is -2.40. The van der Waals surface area contributed by atoms with Crippen LogP contribution in [0.5, 0.6) is 0 Å². The lowest BCUT2D eigenvalue weighted by atomic mass is 9.72. The minimum absolute atomic E-state index is 0. The minimum Gasteiger partial charge on any atom is -0.465 e. The third-order valence-corrected chi connectivity index (χ3v) is 10.5. The van der Waals surface area contributed by atoms with E-state index in [9.17, 15) is 9.59 Å². The van der Waals surface area contributed by atoms with Crippen molar-refractivity contribution < 1.29 is 18.7 Å². The Hall–Kier alpha value is -3.17. The van der Waals surface area contributed by atoms with Gasteiger partial charge in [-0.3, -0.25) is 9.69 Å². The van der Waals surface area contributed by atoms with Crippen LogP contribution in [0.4, 0.5) is 15.8 Å². The van der Waals surface area contributed by atoms with E-state index < -0.39 is 23.2 Å². The number of nitrogens with one attached hydrogen (secondary N) is 2. The predicted octanol–water partition coefficient (Wildman–Crippen LogP) is 6.96. The molecule has 1 saturated carbocycles. The molecule has 3 aromatic carbocycles. The molecule has 0 aromatic heterocycles. The van der Waals surface area contributed by atoms with Crippen LogP contribution in [0.15, 0.2) is 48.5 Å². The molecule has 3 fully saturated rings. The molecule has 4 N–H and O–H groups in total. The van der Waals surface area contributed by atoms with Crippen LogP contribution in [0.2, 0.25) is 10.0 Å². The van der Waals surface area contributed by atoms with Crippen LogP contribution in [0, 0.1) is 18.7 Å². The van der Waals surface area contributed by atoms with Crippen molar-refractivity contribution in [2.75, 3.05) is 24.7 Å². The smallest absolute Gasteiger partial charge is 0.338 e. The first-order chi connectivity index (χ1) is 20.7. The number of carbonyl (C=O) groups is 2. The van der Waals surface area contributed by atoms with Crippen molar-refractivity contribution in [2.24, 2.45) is 5.92 Å². The molecule has 0 radical (unpaired) electrons. The summed E-state index contributed by atoms with van der Waals surface area (Å²) in [6.07, 6.45) is 3.73. The van der Waals surface area contributed by atoms with E-state index in [1.165, 1.54) is 13.2 Å². The highest BCUT2D eigenvalue weighted by molar-refractivity contribution is 6.31. The van der Waals surface area contributed by atoms with Gasteiger partial charge in [0, 0.05) is 52.5 Å². The topological polar surface area (TPSA) is 96.7 Å². The van der Waals surface area contributed by atoms with Crippen LogP contribution < -0.4 is 16.4 Å². The molecule has 0 bridgehead atoms. The van der Waals surface area contributed by atoms with E-state index in [1.807, 2.05) is 19.1 Å². The number of ether oxygens (including phenoxy) is 1. The maximum Gasteiger partial charge on any atom is 0.338 e. The second-order valence-corrected chi connectivity index (χ2v) is 13.1. The monoisotopic (exact) mass is 638 g/mol. The average molecular weight is 640 g/mol. The average Bonchev–Trinajstić information content (AvgIpc) is 3.71. The summed E-state index contributed by atoms with van der Waals surface area (Å²) in [6, 6.07) is 13.6. The number of nitrogens with two attached hydrogens (primary N) is 1. The van der Waals surface area contributed by atoms with E-state index >= 15 is 4.39 Å². The van der Waals surface area contributed by atoms with Crippen molar-refractivity contribution in [1.29, 1.82) is 0 Å². The summed E-state index contributed by atoms with van der Waals surface area (Å²) in [7, 11) is 1.35. The molecule has 1 amide bonds. The van der Waals surface area contributed by atoms with E-state index in [4.69, 9.17) is 33.7 Å².